The first kappa shape index (κ1) is 16.1. The molecule has 0 bridgehead atoms. The average Bonchev–Trinajstić information content (AvgIpc) is 2.50. The normalized spacial score (nSPS) is 10.9. The van der Waals surface area contributed by atoms with Gasteiger partial charge in [0.05, 0.1) is 10.7 Å². The van der Waals surface area contributed by atoms with Crippen LogP contribution in [-0.4, -0.2) is 5.91 Å². The first-order valence-electron chi connectivity index (χ1n) is 6.45. The number of aryl methyl sites for hydroxylation is 1. The van der Waals surface area contributed by atoms with Crippen LogP contribution >= 0.6 is 23.2 Å². The van der Waals surface area contributed by atoms with E-state index in [2.05, 4.69) is 5.32 Å². The minimum Gasteiger partial charge on any atom is -0.320 e. The number of amides is 1. The topological polar surface area (TPSA) is 52.9 Å². The highest BCUT2D eigenvalue weighted by Gasteiger charge is 2.12. The first-order chi connectivity index (χ1) is 10.5. The second-order valence-electron chi connectivity index (χ2n) is 4.61. The highest BCUT2D eigenvalue weighted by Crippen LogP contribution is 2.25. The number of anilines is 1. The van der Waals surface area contributed by atoms with E-state index in [0.29, 0.717) is 21.3 Å². The number of para-hydroxylation sites is 1. The van der Waals surface area contributed by atoms with Gasteiger partial charge in [-0.1, -0.05) is 47.5 Å². The van der Waals surface area contributed by atoms with Crippen LogP contribution in [-0.2, 0) is 4.79 Å². The van der Waals surface area contributed by atoms with E-state index in [1.165, 1.54) is 6.08 Å². The number of nitriles is 1. The number of halogens is 2. The fourth-order valence-electron chi connectivity index (χ4n) is 1.85. The van der Waals surface area contributed by atoms with E-state index in [9.17, 15) is 10.1 Å². The molecule has 3 nitrogen and oxygen atoms in total. The third-order valence-corrected chi connectivity index (χ3v) is 3.57. The molecule has 2 aromatic rings. The predicted octanol–water partition coefficient (Wildman–Crippen LogP) is 4.85. The number of carbonyl (C=O) groups excluding carboxylic acids is 1. The highest BCUT2D eigenvalue weighted by molar-refractivity contribution is 6.34. The van der Waals surface area contributed by atoms with Gasteiger partial charge >= 0.3 is 0 Å². The molecule has 0 saturated heterocycles. The van der Waals surface area contributed by atoms with Gasteiger partial charge in [-0.2, -0.15) is 5.26 Å². The summed E-state index contributed by atoms with van der Waals surface area (Å²) >= 11 is 11.9. The van der Waals surface area contributed by atoms with Gasteiger partial charge in [-0.15, -0.1) is 0 Å². The summed E-state index contributed by atoms with van der Waals surface area (Å²) < 4.78 is 0. The highest BCUT2D eigenvalue weighted by atomic mass is 35.5. The molecule has 110 valence electrons. The van der Waals surface area contributed by atoms with E-state index >= 15 is 0 Å². The SMILES string of the molecule is Cc1cccc(Cl)c1NC(=O)/C(C#N)=C/c1ccc(Cl)cc1. The summed E-state index contributed by atoms with van der Waals surface area (Å²) in [7, 11) is 0. The van der Waals surface area contributed by atoms with Crippen LogP contribution in [0.4, 0.5) is 5.69 Å². The van der Waals surface area contributed by atoms with Gasteiger partial charge in [0.2, 0.25) is 0 Å². The van der Waals surface area contributed by atoms with Crippen molar-refractivity contribution in [1.29, 1.82) is 5.26 Å². The fourth-order valence-corrected chi connectivity index (χ4v) is 2.24. The summed E-state index contributed by atoms with van der Waals surface area (Å²) in [5.74, 6) is -0.506. The Hall–Kier alpha value is -2.28. The van der Waals surface area contributed by atoms with Crippen LogP contribution in [0.1, 0.15) is 11.1 Å². The maximum Gasteiger partial charge on any atom is 0.266 e. The Bertz CT molecular complexity index is 754. The minimum atomic E-state index is -0.506. The maximum absolute atomic E-state index is 12.2. The molecule has 0 unspecified atom stereocenters. The quantitative estimate of drug-likeness (QED) is 0.646. The molecule has 0 atom stereocenters. The van der Waals surface area contributed by atoms with Crippen molar-refractivity contribution < 1.29 is 4.79 Å². The van der Waals surface area contributed by atoms with E-state index in [1.807, 2.05) is 19.1 Å². The molecule has 2 aromatic carbocycles. The number of carbonyl (C=O) groups is 1. The Balaban J connectivity index is 2.26. The van der Waals surface area contributed by atoms with Crippen molar-refractivity contribution in [2.24, 2.45) is 0 Å². The lowest BCUT2D eigenvalue weighted by molar-refractivity contribution is -0.112. The van der Waals surface area contributed by atoms with Crippen LogP contribution in [0.2, 0.25) is 10.0 Å². The lowest BCUT2D eigenvalue weighted by atomic mass is 10.1. The van der Waals surface area contributed by atoms with Crippen LogP contribution in [0.25, 0.3) is 6.08 Å². The molecule has 0 aliphatic heterocycles. The third kappa shape index (κ3) is 3.88. The standard InChI is InChI=1S/C17H12Cl2N2O/c1-11-3-2-4-15(19)16(11)21-17(22)13(10-20)9-12-5-7-14(18)8-6-12/h2-9H,1H3,(H,21,22)/b13-9+. The fraction of sp³-hybridized carbons (Fsp3) is 0.0588. The number of nitrogens with zero attached hydrogens (tertiary/aromatic N) is 1. The molecule has 0 saturated carbocycles. The van der Waals surface area contributed by atoms with Crippen molar-refractivity contribution in [2.45, 2.75) is 6.92 Å². The molecule has 1 N–H and O–H groups in total. The number of hydrogen-bond acceptors (Lipinski definition) is 2. The van der Waals surface area contributed by atoms with E-state index < -0.39 is 5.91 Å². The zero-order chi connectivity index (χ0) is 16.1. The second-order valence-corrected chi connectivity index (χ2v) is 5.45. The van der Waals surface area contributed by atoms with E-state index in [0.717, 1.165) is 5.56 Å². The van der Waals surface area contributed by atoms with Crippen LogP contribution < -0.4 is 5.32 Å². The molecule has 0 radical (unpaired) electrons. The Labute approximate surface area is 138 Å². The van der Waals surface area contributed by atoms with Crippen LogP contribution in [0, 0.1) is 18.3 Å². The maximum atomic E-state index is 12.2. The molecule has 0 aromatic heterocycles. The Morgan fingerprint density at radius 3 is 2.45 bits per heavy atom. The molecular formula is C17H12Cl2N2O. The smallest absolute Gasteiger partial charge is 0.266 e. The lowest BCUT2D eigenvalue weighted by Gasteiger charge is -2.09. The lowest BCUT2D eigenvalue weighted by Crippen LogP contribution is -2.14. The molecule has 22 heavy (non-hydrogen) atoms. The van der Waals surface area contributed by atoms with Crippen molar-refractivity contribution in [3.8, 4) is 6.07 Å². The first-order valence-corrected chi connectivity index (χ1v) is 7.20. The summed E-state index contributed by atoms with van der Waals surface area (Å²) in [4.78, 5) is 12.2. The molecule has 0 spiro atoms. The molecule has 5 heteroatoms. The minimum absolute atomic E-state index is 0.0124. The Kier molecular flexibility index (Phi) is 5.21. The van der Waals surface area contributed by atoms with Crippen molar-refractivity contribution >= 4 is 40.9 Å². The zero-order valence-corrected chi connectivity index (χ0v) is 13.2. The molecule has 0 aliphatic rings. The van der Waals surface area contributed by atoms with Crippen LogP contribution in [0.15, 0.2) is 48.0 Å². The monoisotopic (exact) mass is 330 g/mol. The Morgan fingerprint density at radius 2 is 1.86 bits per heavy atom. The largest absolute Gasteiger partial charge is 0.320 e. The van der Waals surface area contributed by atoms with Gasteiger partial charge in [-0.3, -0.25) is 4.79 Å². The van der Waals surface area contributed by atoms with Gasteiger partial charge in [-0.25, -0.2) is 0 Å². The van der Waals surface area contributed by atoms with Gasteiger partial charge in [0.25, 0.3) is 5.91 Å². The molecule has 0 aliphatic carbocycles. The zero-order valence-electron chi connectivity index (χ0n) is 11.7. The summed E-state index contributed by atoms with van der Waals surface area (Å²) in [5, 5.41) is 12.9. The molecule has 2 rings (SSSR count). The molecule has 1 amide bonds. The van der Waals surface area contributed by atoms with E-state index in [4.69, 9.17) is 23.2 Å². The van der Waals surface area contributed by atoms with Gasteiger partial charge in [0.15, 0.2) is 0 Å². The number of benzene rings is 2. The van der Waals surface area contributed by atoms with Crippen LogP contribution in [0.5, 0.6) is 0 Å². The van der Waals surface area contributed by atoms with Gasteiger partial charge in [0.1, 0.15) is 11.6 Å². The van der Waals surface area contributed by atoms with Crippen LogP contribution in [0.3, 0.4) is 0 Å². The summed E-state index contributed by atoms with van der Waals surface area (Å²) in [6, 6.07) is 14.0. The Morgan fingerprint density at radius 1 is 1.18 bits per heavy atom. The third-order valence-electron chi connectivity index (χ3n) is 3.01. The number of rotatable bonds is 3. The average molecular weight is 331 g/mol. The summed E-state index contributed by atoms with van der Waals surface area (Å²) in [5.41, 5.74) is 2.03. The van der Waals surface area contributed by atoms with E-state index in [-0.39, 0.29) is 5.57 Å². The van der Waals surface area contributed by atoms with Gasteiger partial charge < -0.3 is 5.32 Å². The van der Waals surface area contributed by atoms with Crippen molar-refractivity contribution in [1.82, 2.24) is 0 Å². The molecule has 0 heterocycles. The van der Waals surface area contributed by atoms with Crippen molar-refractivity contribution in [3.05, 3.63) is 69.2 Å². The van der Waals surface area contributed by atoms with Gasteiger partial charge in [0, 0.05) is 5.02 Å². The second kappa shape index (κ2) is 7.13. The summed E-state index contributed by atoms with van der Waals surface area (Å²) in [6.45, 7) is 1.83. The van der Waals surface area contributed by atoms with Crippen molar-refractivity contribution in [3.63, 3.8) is 0 Å². The van der Waals surface area contributed by atoms with E-state index in [1.54, 1.807) is 36.4 Å². The van der Waals surface area contributed by atoms with Gasteiger partial charge in [-0.05, 0) is 42.3 Å². The summed E-state index contributed by atoms with van der Waals surface area (Å²) in [6.07, 6.45) is 1.50. The molecule has 0 fully saturated rings. The predicted molar refractivity (Wildman–Crippen MR) is 89.9 cm³/mol. The van der Waals surface area contributed by atoms with Crippen molar-refractivity contribution in [2.75, 3.05) is 5.32 Å². The number of nitrogens with one attached hydrogen (secondary N) is 1. The molecular weight excluding hydrogens is 319 g/mol. The number of hydrogen-bond donors (Lipinski definition) is 1.